The molecule has 2 aromatic rings. The van der Waals surface area contributed by atoms with Crippen LogP contribution in [0, 0.1) is 11.6 Å². The minimum atomic E-state index is -0.558. The lowest BCUT2D eigenvalue weighted by molar-refractivity contribution is 0.233. The highest BCUT2D eigenvalue weighted by Crippen LogP contribution is 2.26. The van der Waals surface area contributed by atoms with E-state index in [2.05, 4.69) is 10.3 Å². The minimum absolute atomic E-state index is 0.0749. The molecule has 0 spiro atoms. The highest BCUT2D eigenvalue weighted by Gasteiger charge is 2.26. The zero-order valence-electron chi connectivity index (χ0n) is 13.9. The van der Waals surface area contributed by atoms with Crippen LogP contribution in [0.5, 0.6) is 0 Å². The molecule has 1 aliphatic rings. The average molecular weight is 396 g/mol. The first-order valence-corrected chi connectivity index (χ1v) is 9.17. The van der Waals surface area contributed by atoms with Gasteiger partial charge in [0.25, 0.3) is 0 Å². The Balaban J connectivity index is 1.80. The number of halogens is 3. The van der Waals surface area contributed by atoms with Gasteiger partial charge in [0.2, 0.25) is 0 Å². The summed E-state index contributed by atoms with van der Waals surface area (Å²) in [5, 5.41) is 3.49. The van der Waals surface area contributed by atoms with Gasteiger partial charge < -0.3 is 5.32 Å². The number of rotatable bonds is 3. The Labute approximate surface area is 159 Å². The van der Waals surface area contributed by atoms with Crippen LogP contribution in [0.2, 0.25) is 5.02 Å². The van der Waals surface area contributed by atoms with Crippen molar-refractivity contribution in [2.24, 2.45) is 4.99 Å². The maximum absolute atomic E-state index is 13.3. The number of nitrogens with one attached hydrogen (secondary N) is 1. The van der Waals surface area contributed by atoms with E-state index >= 15 is 0 Å². The van der Waals surface area contributed by atoms with Crippen LogP contribution in [0.4, 0.5) is 19.3 Å². The molecular weight excluding hydrogens is 380 g/mol. The number of hydrogen-bond acceptors (Lipinski definition) is 3. The largest absolute Gasteiger partial charge is 0.328 e. The molecule has 0 aliphatic carbocycles. The van der Waals surface area contributed by atoms with Crippen molar-refractivity contribution in [3.05, 3.63) is 64.7 Å². The summed E-state index contributed by atoms with van der Waals surface area (Å²) in [6.07, 6.45) is 0. The smallest absolute Gasteiger partial charge is 0.307 e. The van der Waals surface area contributed by atoms with Gasteiger partial charge in [-0.15, -0.1) is 0 Å². The number of amidine groups is 1. The summed E-state index contributed by atoms with van der Waals surface area (Å²) in [4.78, 5) is 18.7. The first-order valence-electron chi connectivity index (χ1n) is 7.91. The van der Waals surface area contributed by atoms with E-state index < -0.39 is 11.8 Å². The van der Waals surface area contributed by atoms with Gasteiger partial charge in [-0.2, -0.15) is 0 Å². The molecular formula is C18H16ClF2N3OS. The molecule has 26 heavy (non-hydrogen) atoms. The fraction of sp³-hybridized carbons (Fsp3) is 0.222. The lowest BCUT2D eigenvalue weighted by Crippen LogP contribution is -2.37. The van der Waals surface area contributed by atoms with Gasteiger partial charge in [-0.3, -0.25) is 9.89 Å². The molecule has 1 atom stereocenters. The second-order valence-electron chi connectivity index (χ2n) is 5.82. The first-order chi connectivity index (χ1) is 12.4. The van der Waals surface area contributed by atoms with Crippen LogP contribution in [-0.2, 0) is 6.54 Å². The van der Waals surface area contributed by atoms with E-state index in [9.17, 15) is 13.6 Å². The van der Waals surface area contributed by atoms with Gasteiger partial charge in [0, 0.05) is 10.9 Å². The summed E-state index contributed by atoms with van der Waals surface area (Å²) in [6, 6.07) is 9.47. The van der Waals surface area contributed by atoms with Gasteiger partial charge in [0.15, 0.2) is 5.17 Å². The van der Waals surface area contributed by atoms with Gasteiger partial charge in [0.05, 0.1) is 18.1 Å². The van der Waals surface area contributed by atoms with Crippen molar-refractivity contribution >= 4 is 40.2 Å². The summed E-state index contributed by atoms with van der Waals surface area (Å²) in [7, 11) is 0. The maximum Gasteiger partial charge on any atom is 0.328 e. The van der Waals surface area contributed by atoms with Crippen molar-refractivity contribution < 1.29 is 13.6 Å². The zero-order chi connectivity index (χ0) is 18.7. The highest BCUT2D eigenvalue weighted by atomic mass is 35.5. The highest BCUT2D eigenvalue weighted by molar-refractivity contribution is 8.14. The minimum Gasteiger partial charge on any atom is -0.307 e. The van der Waals surface area contributed by atoms with Crippen molar-refractivity contribution in [2.75, 3.05) is 11.9 Å². The van der Waals surface area contributed by atoms with Gasteiger partial charge in [-0.1, -0.05) is 42.4 Å². The monoisotopic (exact) mass is 395 g/mol. The number of carbonyl (C=O) groups is 1. The van der Waals surface area contributed by atoms with E-state index in [0.29, 0.717) is 17.4 Å². The Kier molecular flexibility index (Phi) is 5.78. The van der Waals surface area contributed by atoms with Gasteiger partial charge in [-0.05, 0) is 35.9 Å². The number of hydrogen-bond donors (Lipinski definition) is 1. The number of urea groups is 1. The maximum atomic E-state index is 13.3. The van der Waals surface area contributed by atoms with Crippen LogP contribution >= 0.6 is 23.4 Å². The topological polar surface area (TPSA) is 44.7 Å². The number of amides is 2. The zero-order valence-corrected chi connectivity index (χ0v) is 15.5. The molecule has 1 heterocycles. The second kappa shape index (κ2) is 8.05. The van der Waals surface area contributed by atoms with E-state index in [1.807, 2.05) is 6.92 Å². The van der Waals surface area contributed by atoms with Crippen LogP contribution in [0.3, 0.4) is 0 Å². The van der Waals surface area contributed by atoms with E-state index in [-0.39, 0.29) is 22.6 Å². The fourth-order valence-electron chi connectivity index (χ4n) is 2.37. The summed E-state index contributed by atoms with van der Waals surface area (Å²) in [5.74, 6) is -0.899. The predicted molar refractivity (Wildman–Crippen MR) is 102 cm³/mol. The molecule has 136 valence electrons. The van der Waals surface area contributed by atoms with Crippen LogP contribution in [0.15, 0.2) is 47.5 Å². The molecule has 2 amide bonds. The number of anilines is 1. The third-order valence-electron chi connectivity index (χ3n) is 3.69. The molecule has 0 aromatic heterocycles. The van der Waals surface area contributed by atoms with Crippen molar-refractivity contribution in [3.8, 4) is 0 Å². The van der Waals surface area contributed by atoms with Gasteiger partial charge in [0.1, 0.15) is 11.6 Å². The number of thioether (sulfide) groups is 1. The summed E-state index contributed by atoms with van der Waals surface area (Å²) in [5.41, 5.74) is 1.14. The van der Waals surface area contributed by atoms with E-state index in [4.69, 9.17) is 11.6 Å². The molecule has 1 unspecified atom stereocenters. The van der Waals surface area contributed by atoms with E-state index in [1.165, 1.54) is 47.0 Å². The molecule has 1 N–H and O–H groups in total. The average Bonchev–Trinajstić information content (AvgIpc) is 3.03. The van der Waals surface area contributed by atoms with Crippen molar-refractivity contribution in [3.63, 3.8) is 0 Å². The van der Waals surface area contributed by atoms with Crippen LogP contribution in [0.1, 0.15) is 12.5 Å². The molecule has 0 saturated heterocycles. The normalized spacial score (nSPS) is 16.3. The number of nitrogens with zero attached hydrogens (tertiary/aromatic N) is 2. The molecule has 0 radical (unpaired) electrons. The van der Waals surface area contributed by atoms with Crippen LogP contribution in [0.25, 0.3) is 0 Å². The SMILES string of the molecule is CC1CN=C(N(Cc2ccc(F)cc2)C(=O)Nc2ccc(F)c(Cl)c2)S1. The molecule has 1 aliphatic heterocycles. The van der Waals surface area contributed by atoms with Gasteiger partial charge >= 0.3 is 6.03 Å². The van der Waals surface area contributed by atoms with Gasteiger partial charge in [-0.25, -0.2) is 13.6 Å². The number of carbonyl (C=O) groups excluding carboxylic acids is 1. The Morgan fingerprint density at radius 2 is 2.04 bits per heavy atom. The molecule has 0 fully saturated rings. The Hall–Kier alpha value is -2.12. The molecule has 3 rings (SSSR count). The van der Waals surface area contributed by atoms with Crippen molar-refractivity contribution in [1.82, 2.24) is 4.90 Å². The number of aliphatic imine (C=N–C) groups is 1. The second-order valence-corrected chi connectivity index (χ2v) is 7.64. The number of benzene rings is 2. The van der Waals surface area contributed by atoms with Crippen LogP contribution in [-0.4, -0.2) is 27.9 Å². The van der Waals surface area contributed by atoms with E-state index in [1.54, 1.807) is 12.1 Å². The summed E-state index contributed by atoms with van der Waals surface area (Å²) >= 11 is 7.26. The molecule has 0 saturated carbocycles. The van der Waals surface area contributed by atoms with Crippen molar-refractivity contribution in [1.29, 1.82) is 0 Å². The third-order valence-corrected chi connectivity index (χ3v) is 5.09. The molecule has 4 nitrogen and oxygen atoms in total. The predicted octanol–water partition coefficient (Wildman–Crippen LogP) is 5.14. The first kappa shape index (κ1) is 18.7. The standard InChI is InChI=1S/C18H16ClF2N3OS/c1-11-9-22-18(26-11)24(10-12-2-4-13(20)5-3-12)17(25)23-14-6-7-16(21)15(19)8-14/h2-8,11H,9-10H2,1H3,(H,23,25). The Morgan fingerprint density at radius 3 is 2.65 bits per heavy atom. The molecule has 0 bridgehead atoms. The third kappa shape index (κ3) is 4.53. The lowest BCUT2D eigenvalue weighted by atomic mass is 10.2. The summed E-state index contributed by atoms with van der Waals surface area (Å²) in [6.45, 7) is 2.88. The summed E-state index contributed by atoms with van der Waals surface area (Å²) < 4.78 is 26.4. The molecule has 8 heteroatoms. The quantitative estimate of drug-likeness (QED) is 0.781. The van der Waals surface area contributed by atoms with E-state index in [0.717, 1.165) is 5.56 Å². The van der Waals surface area contributed by atoms with Crippen LogP contribution < -0.4 is 5.32 Å². The lowest BCUT2D eigenvalue weighted by Gasteiger charge is -2.23. The Bertz CT molecular complexity index is 845. The van der Waals surface area contributed by atoms with Crippen molar-refractivity contribution in [2.45, 2.75) is 18.7 Å². The fourth-order valence-corrected chi connectivity index (χ4v) is 3.49. The Morgan fingerprint density at radius 1 is 1.31 bits per heavy atom. The molecule has 2 aromatic carbocycles.